The fourth-order valence-corrected chi connectivity index (χ4v) is 4.66. The maximum absolute atomic E-state index is 13.6. The lowest BCUT2D eigenvalue weighted by Crippen LogP contribution is -2.33. The molecule has 0 saturated carbocycles. The maximum atomic E-state index is 13.6. The van der Waals surface area contributed by atoms with Crippen LogP contribution in [-0.2, 0) is 13.0 Å². The van der Waals surface area contributed by atoms with Crippen molar-refractivity contribution in [1.82, 2.24) is 9.55 Å². The summed E-state index contributed by atoms with van der Waals surface area (Å²) in [6, 6.07) is 12.0. The SMILES string of the molecule is CCCCN(C(=O)c1cccc(Cl)c1)c1nc2n(c1OC(=O)Nc1ccc3c(c1)OCCO3)CCCC2. The second-order valence-corrected chi connectivity index (χ2v) is 9.40. The van der Waals surface area contributed by atoms with Crippen LogP contribution in [0, 0.1) is 0 Å². The number of unbranched alkanes of at least 4 members (excludes halogenated alkanes) is 1. The summed E-state index contributed by atoms with van der Waals surface area (Å²) in [7, 11) is 0. The molecule has 0 atom stereocenters. The number of hydrogen-bond donors (Lipinski definition) is 1. The van der Waals surface area contributed by atoms with Crippen molar-refractivity contribution in [3.8, 4) is 17.4 Å². The van der Waals surface area contributed by atoms with Crippen LogP contribution in [-0.4, -0.2) is 41.3 Å². The first kappa shape index (κ1) is 25.0. The number of fused-ring (bicyclic) bond motifs is 2. The molecule has 3 heterocycles. The number of hydrogen-bond acceptors (Lipinski definition) is 6. The molecule has 9 nitrogen and oxygen atoms in total. The summed E-state index contributed by atoms with van der Waals surface area (Å²) in [6.45, 7) is 4.07. The standard InChI is InChI=1S/C27H29ClN4O5/c1-2-3-12-32(25(33)18-7-6-8-19(28)16-18)24-26(31-13-5-4-9-23(31)30-24)37-27(34)29-20-10-11-21-22(17-20)36-15-14-35-21/h6-8,10-11,16-17H,2-5,9,12-15H2,1H3,(H,29,34). The van der Waals surface area contributed by atoms with Crippen molar-refractivity contribution in [1.29, 1.82) is 0 Å². The van der Waals surface area contributed by atoms with Crippen LogP contribution >= 0.6 is 11.6 Å². The number of amides is 2. The van der Waals surface area contributed by atoms with Gasteiger partial charge in [-0.2, -0.15) is 0 Å². The molecule has 0 unspecified atom stereocenters. The highest BCUT2D eigenvalue weighted by Crippen LogP contribution is 2.35. The van der Waals surface area contributed by atoms with Gasteiger partial charge in [0.2, 0.25) is 5.88 Å². The molecule has 0 radical (unpaired) electrons. The van der Waals surface area contributed by atoms with Gasteiger partial charge in [-0.3, -0.25) is 19.6 Å². The van der Waals surface area contributed by atoms with Crippen molar-refractivity contribution in [3.05, 3.63) is 58.9 Å². The normalized spacial score (nSPS) is 14.0. The molecule has 37 heavy (non-hydrogen) atoms. The van der Waals surface area contributed by atoms with Crippen LogP contribution in [0.1, 0.15) is 48.8 Å². The fraction of sp³-hybridized carbons (Fsp3) is 0.370. The molecular formula is C27H29ClN4O5. The Balaban J connectivity index is 1.45. The first-order valence-electron chi connectivity index (χ1n) is 12.6. The Labute approximate surface area is 220 Å². The number of benzene rings is 2. The van der Waals surface area contributed by atoms with Crippen LogP contribution in [0.25, 0.3) is 0 Å². The Bertz CT molecular complexity index is 1310. The van der Waals surface area contributed by atoms with Gasteiger partial charge in [-0.15, -0.1) is 0 Å². The van der Waals surface area contributed by atoms with Crippen molar-refractivity contribution in [2.75, 3.05) is 30.0 Å². The molecule has 0 bridgehead atoms. The van der Waals surface area contributed by atoms with Crippen LogP contribution in [0.3, 0.4) is 0 Å². The van der Waals surface area contributed by atoms with Gasteiger partial charge < -0.3 is 14.2 Å². The highest BCUT2D eigenvalue weighted by molar-refractivity contribution is 6.31. The summed E-state index contributed by atoms with van der Waals surface area (Å²) in [5, 5.41) is 3.23. The average molecular weight is 525 g/mol. The molecule has 0 spiro atoms. The van der Waals surface area contributed by atoms with Gasteiger partial charge in [0.15, 0.2) is 17.3 Å². The molecule has 0 saturated heterocycles. The van der Waals surface area contributed by atoms with Gasteiger partial charge in [-0.1, -0.05) is 31.0 Å². The summed E-state index contributed by atoms with van der Waals surface area (Å²) in [5.41, 5.74) is 0.952. The van der Waals surface area contributed by atoms with Crippen LogP contribution in [0.4, 0.5) is 16.3 Å². The van der Waals surface area contributed by atoms with E-state index in [1.165, 1.54) is 0 Å². The zero-order valence-corrected chi connectivity index (χ0v) is 21.4. The molecule has 10 heteroatoms. The molecule has 1 N–H and O–H groups in total. The zero-order valence-electron chi connectivity index (χ0n) is 20.7. The predicted molar refractivity (Wildman–Crippen MR) is 140 cm³/mol. The molecule has 0 fully saturated rings. The molecule has 2 amide bonds. The third-order valence-electron chi connectivity index (χ3n) is 6.30. The second-order valence-electron chi connectivity index (χ2n) is 8.96. The lowest BCUT2D eigenvalue weighted by atomic mass is 10.2. The Morgan fingerprint density at radius 3 is 2.78 bits per heavy atom. The van der Waals surface area contributed by atoms with Crippen LogP contribution < -0.4 is 24.4 Å². The minimum Gasteiger partial charge on any atom is -0.486 e. The first-order chi connectivity index (χ1) is 18.0. The molecule has 1 aromatic heterocycles. The van der Waals surface area contributed by atoms with Gasteiger partial charge in [-0.05, 0) is 49.6 Å². The number of carbonyl (C=O) groups is 2. The number of halogens is 1. The van der Waals surface area contributed by atoms with E-state index < -0.39 is 6.09 Å². The third-order valence-corrected chi connectivity index (χ3v) is 6.54. The molecule has 2 aliphatic rings. The lowest BCUT2D eigenvalue weighted by molar-refractivity contribution is 0.0984. The number of nitrogens with one attached hydrogen (secondary N) is 1. The van der Waals surface area contributed by atoms with Crippen molar-refractivity contribution >= 4 is 35.1 Å². The Morgan fingerprint density at radius 2 is 1.97 bits per heavy atom. The van der Waals surface area contributed by atoms with Crippen LogP contribution in [0.15, 0.2) is 42.5 Å². The van der Waals surface area contributed by atoms with E-state index in [-0.39, 0.29) is 11.8 Å². The summed E-state index contributed by atoms with van der Waals surface area (Å²) < 4.78 is 18.9. The fourth-order valence-electron chi connectivity index (χ4n) is 4.47. The maximum Gasteiger partial charge on any atom is 0.418 e. The van der Waals surface area contributed by atoms with E-state index in [0.717, 1.165) is 37.9 Å². The molecule has 0 aliphatic carbocycles. The number of rotatable bonds is 7. The Kier molecular flexibility index (Phi) is 7.50. The summed E-state index contributed by atoms with van der Waals surface area (Å²) >= 11 is 6.16. The highest BCUT2D eigenvalue weighted by atomic mass is 35.5. The molecule has 194 valence electrons. The van der Waals surface area contributed by atoms with Crippen molar-refractivity contribution in [2.24, 2.45) is 0 Å². The largest absolute Gasteiger partial charge is 0.486 e. The van der Waals surface area contributed by atoms with Gasteiger partial charge in [-0.25, -0.2) is 9.78 Å². The number of carbonyl (C=O) groups excluding carboxylic acids is 2. The predicted octanol–water partition coefficient (Wildman–Crippen LogP) is 5.70. The van der Waals surface area contributed by atoms with E-state index >= 15 is 0 Å². The molecule has 3 aromatic rings. The highest BCUT2D eigenvalue weighted by Gasteiger charge is 2.30. The van der Waals surface area contributed by atoms with E-state index in [4.69, 9.17) is 30.8 Å². The molecule has 5 rings (SSSR count). The van der Waals surface area contributed by atoms with E-state index in [0.29, 0.717) is 59.9 Å². The smallest absolute Gasteiger partial charge is 0.418 e. The first-order valence-corrected chi connectivity index (χ1v) is 13.0. The van der Waals surface area contributed by atoms with Crippen molar-refractivity contribution < 1.29 is 23.8 Å². The van der Waals surface area contributed by atoms with Gasteiger partial charge in [0, 0.05) is 41.9 Å². The van der Waals surface area contributed by atoms with Crippen molar-refractivity contribution in [3.63, 3.8) is 0 Å². The molecular weight excluding hydrogens is 496 g/mol. The average Bonchev–Trinajstić information content (AvgIpc) is 3.26. The quantitative estimate of drug-likeness (QED) is 0.426. The minimum atomic E-state index is -0.683. The Hall–Kier alpha value is -3.72. The van der Waals surface area contributed by atoms with Crippen LogP contribution in [0.5, 0.6) is 17.4 Å². The van der Waals surface area contributed by atoms with Gasteiger partial charge in [0.1, 0.15) is 19.0 Å². The number of aryl methyl sites for hydroxylation is 1. The molecule has 2 aliphatic heterocycles. The topological polar surface area (TPSA) is 94.9 Å². The number of ether oxygens (including phenoxy) is 3. The summed E-state index contributed by atoms with van der Waals surface area (Å²) in [6.07, 6.45) is 3.62. The number of imidazole rings is 1. The number of aromatic nitrogens is 2. The summed E-state index contributed by atoms with van der Waals surface area (Å²) in [4.78, 5) is 33.0. The minimum absolute atomic E-state index is 0.247. The van der Waals surface area contributed by atoms with E-state index in [1.54, 1.807) is 47.4 Å². The Morgan fingerprint density at radius 1 is 1.14 bits per heavy atom. The van der Waals surface area contributed by atoms with E-state index in [2.05, 4.69) is 12.2 Å². The van der Waals surface area contributed by atoms with E-state index in [9.17, 15) is 9.59 Å². The number of nitrogens with zero attached hydrogens (tertiary/aromatic N) is 3. The third kappa shape index (κ3) is 5.51. The van der Waals surface area contributed by atoms with Crippen molar-refractivity contribution in [2.45, 2.75) is 45.6 Å². The second kappa shape index (κ2) is 11.1. The van der Waals surface area contributed by atoms with Crippen LogP contribution in [0.2, 0.25) is 5.02 Å². The monoisotopic (exact) mass is 524 g/mol. The zero-order chi connectivity index (χ0) is 25.8. The lowest BCUT2D eigenvalue weighted by Gasteiger charge is -2.22. The van der Waals surface area contributed by atoms with Gasteiger partial charge in [0.25, 0.3) is 5.91 Å². The summed E-state index contributed by atoms with van der Waals surface area (Å²) in [5.74, 6) is 2.34. The van der Waals surface area contributed by atoms with E-state index in [1.807, 2.05) is 4.57 Å². The van der Waals surface area contributed by atoms with Gasteiger partial charge >= 0.3 is 6.09 Å². The van der Waals surface area contributed by atoms with Gasteiger partial charge in [0.05, 0.1) is 0 Å². The number of anilines is 2. The molecule has 2 aromatic carbocycles.